The van der Waals surface area contributed by atoms with Crippen LogP contribution in [0.4, 0.5) is 0 Å². The summed E-state index contributed by atoms with van der Waals surface area (Å²) in [6.07, 6.45) is 4.58. The number of methoxy groups -OCH3 is 1. The molecule has 2 atom stereocenters. The van der Waals surface area contributed by atoms with Gasteiger partial charge in [-0.1, -0.05) is 18.2 Å². The van der Waals surface area contributed by atoms with E-state index < -0.39 is 17.9 Å². The van der Waals surface area contributed by atoms with E-state index in [0.717, 1.165) is 42.7 Å². The van der Waals surface area contributed by atoms with Crippen molar-refractivity contribution in [3.63, 3.8) is 0 Å². The van der Waals surface area contributed by atoms with Gasteiger partial charge >= 0.3 is 11.9 Å². The predicted molar refractivity (Wildman–Crippen MR) is 153 cm³/mol. The minimum absolute atomic E-state index is 0.00887. The maximum absolute atomic E-state index is 14.0. The van der Waals surface area contributed by atoms with Gasteiger partial charge in [-0.05, 0) is 87.3 Å². The molecule has 2 aliphatic carbocycles. The molecule has 1 saturated carbocycles. The van der Waals surface area contributed by atoms with Gasteiger partial charge in [0.05, 0.1) is 19.3 Å². The van der Waals surface area contributed by atoms with Gasteiger partial charge in [-0.3, -0.25) is 9.59 Å². The first-order chi connectivity index (χ1) is 19.8. The second-order valence-electron chi connectivity index (χ2n) is 10.8. The molecule has 2 aromatic carbocycles. The Kier molecular flexibility index (Phi) is 8.47. The molecule has 0 saturated heterocycles. The summed E-state index contributed by atoms with van der Waals surface area (Å²) in [6, 6.07) is 13.0. The Bertz CT molecular complexity index is 1400. The lowest BCUT2D eigenvalue weighted by Gasteiger charge is -2.37. The molecule has 41 heavy (non-hydrogen) atoms. The minimum atomic E-state index is -0.643. The molecule has 216 valence electrons. The van der Waals surface area contributed by atoms with Gasteiger partial charge in [0.15, 0.2) is 17.3 Å². The Hall–Kier alpha value is -4.07. The van der Waals surface area contributed by atoms with Crippen molar-refractivity contribution < 1.29 is 33.3 Å². The van der Waals surface area contributed by atoms with E-state index in [9.17, 15) is 14.4 Å². The van der Waals surface area contributed by atoms with E-state index in [1.54, 1.807) is 25.3 Å². The van der Waals surface area contributed by atoms with Crippen LogP contribution < -0.4 is 19.5 Å². The molecule has 1 fully saturated rings. The fourth-order valence-electron chi connectivity index (χ4n) is 6.19. The van der Waals surface area contributed by atoms with E-state index in [4.69, 9.17) is 18.9 Å². The monoisotopic (exact) mass is 559 g/mol. The Labute approximate surface area is 240 Å². The number of rotatable bonds is 8. The number of nitrogens with one attached hydrogen (secondary N) is 1. The first kappa shape index (κ1) is 28.5. The summed E-state index contributed by atoms with van der Waals surface area (Å²) >= 11 is 0. The second-order valence-corrected chi connectivity index (χ2v) is 10.8. The molecule has 1 aliphatic heterocycles. The van der Waals surface area contributed by atoms with Crippen LogP contribution >= 0.6 is 0 Å². The van der Waals surface area contributed by atoms with Crippen molar-refractivity contribution in [1.29, 1.82) is 0 Å². The van der Waals surface area contributed by atoms with Crippen LogP contribution in [0.2, 0.25) is 0 Å². The van der Waals surface area contributed by atoms with Crippen molar-refractivity contribution in [2.45, 2.75) is 77.2 Å². The number of Topliss-reactive ketones (excluding diaryl/α,β-unsaturated/α-hetero) is 1. The smallest absolute Gasteiger partial charge is 0.337 e. The lowest BCUT2D eigenvalue weighted by molar-refractivity contribution is -0.144. The molecular formula is C33H37NO7. The molecule has 5 rings (SSSR count). The van der Waals surface area contributed by atoms with Crippen molar-refractivity contribution in [3.8, 4) is 17.2 Å². The maximum atomic E-state index is 14.0. The van der Waals surface area contributed by atoms with Crippen LogP contribution in [-0.2, 0) is 19.1 Å². The zero-order chi connectivity index (χ0) is 29.1. The molecule has 0 amide bonds. The predicted octanol–water partition coefficient (Wildman–Crippen LogP) is 5.87. The number of hydrogen-bond acceptors (Lipinski definition) is 8. The number of carbonyl (C=O) groups excluding carboxylic acids is 3. The first-order valence-electron chi connectivity index (χ1n) is 14.3. The van der Waals surface area contributed by atoms with Gasteiger partial charge in [0.1, 0.15) is 11.9 Å². The standard InChI is InChI=1S/C33H37NO7/c1-5-39-29-18-22(12-15-28(29)40-20(3)35)31-30(33(37)41-25-8-6-7-9-25)19(2)34-26-16-23(17-27(36)32(26)31)21-10-13-24(38-4)14-11-21/h10-15,18,23,25,31,34H,5-9,16-17H2,1-4H3/t23-,31-/m1/s1. The zero-order valence-corrected chi connectivity index (χ0v) is 24.1. The third-order valence-corrected chi connectivity index (χ3v) is 8.07. The van der Waals surface area contributed by atoms with Gasteiger partial charge < -0.3 is 24.3 Å². The van der Waals surface area contributed by atoms with Crippen LogP contribution in [0.1, 0.15) is 82.3 Å². The van der Waals surface area contributed by atoms with Gasteiger partial charge in [0.25, 0.3) is 0 Å². The largest absolute Gasteiger partial charge is 0.497 e. The van der Waals surface area contributed by atoms with Crippen molar-refractivity contribution in [3.05, 3.63) is 76.1 Å². The SMILES string of the molecule is CCOc1cc([C@@H]2C(C(=O)OC3CCCC3)=C(C)NC3=C2C(=O)C[C@H](c2ccc(OC)cc2)C3)ccc1OC(C)=O. The number of carbonyl (C=O) groups is 3. The van der Waals surface area contributed by atoms with Crippen LogP contribution in [0.15, 0.2) is 65.0 Å². The molecular weight excluding hydrogens is 522 g/mol. The number of dihydropyridines is 1. The molecule has 0 radical (unpaired) electrons. The van der Waals surface area contributed by atoms with E-state index in [1.165, 1.54) is 6.92 Å². The van der Waals surface area contributed by atoms with E-state index in [1.807, 2.05) is 38.1 Å². The highest BCUT2D eigenvalue weighted by molar-refractivity contribution is 6.04. The molecule has 1 N–H and O–H groups in total. The zero-order valence-electron chi connectivity index (χ0n) is 24.1. The van der Waals surface area contributed by atoms with E-state index in [-0.39, 0.29) is 23.6 Å². The highest BCUT2D eigenvalue weighted by atomic mass is 16.6. The Morgan fingerprint density at radius 2 is 1.68 bits per heavy atom. The Balaban J connectivity index is 1.57. The molecule has 3 aliphatic rings. The fraction of sp³-hybridized carbons (Fsp3) is 0.424. The van der Waals surface area contributed by atoms with Crippen LogP contribution in [0, 0.1) is 0 Å². The van der Waals surface area contributed by atoms with Crippen molar-refractivity contribution in [2.75, 3.05) is 13.7 Å². The third-order valence-electron chi connectivity index (χ3n) is 8.07. The fourth-order valence-corrected chi connectivity index (χ4v) is 6.19. The van der Waals surface area contributed by atoms with Crippen LogP contribution in [0.25, 0.3) is 0 Å². The van der Waals surface area contributed by atoms with Gasteiger partial charge in [-0.25, -0.2) is 4.79 Å². The maximum Gasteiger partial charge on any atom is 0.337 e. The lowest BCUT2D eigenvalue weighted by Crippen LogP contribution is -2.36. The molecule has 8 nitrogen and oxygen atoms in total. The molecule has 0 bridgehead atoms. The number of benzene rings is 2. The topological polar surface area (TPSA) is 100 Å². The molecule has 2 aromatic rings. The summed E-state index contributed by atoms with van der Waals surface area (Å²) in [5, 5.41) is 3.42. The van der Waals surface area contributed by atoms with Crippen molar-refractivity contribution in [1.82, 2.24) is 5.32 Å². The van der Waals surface area contributed by atoms with E-state index in [2.05, 4.69) is 5.32 Å². The molecule has 0 spiro atoms. The van der Waals surface area contributed by atoms with Crippen molar-refractivity contribution >= 4 is 17.7 Å². The van der Waals surface area contributed by atoms with E-state index >= 15 is 0 Å². The summed E-state index contributed by atoms with van der Waals surface area (Å²) in [5.41, 5.74) is 4.23. The molecule has 1 heterocycles. The van der Waals surface area contributed by atoms with Crippen molar-refractivity contribution in [2.24, 2.45) is 0 Å². The summed E-state index contributed by atoms with van der Waals surface area (Å²) in [5.74, 6) is -0.124. The molecule has 8 heteroatoms. The van der Waals surface area contributed by atoms with Crippen LogP contribution in [0.5, 0.6) is 17.2 Å². The van der Waals surface area contributed by atoms with Gasteiger partial charge in [0.2, 0.25) is 0 Å². The molecule has 0 aromatic heterocycles. The second kappa shape index (κ2) is 12.2. The Morgan fingerprint density at radius 1 is 0.976 bits per heavy atom. The average Bonchev–Trinajstić information content (AvgIpc) is 3.46. The first-order valence-corrected chi connectivity index (χ1v) is 14.3. The lowest BCUT2D eigenvalue weighted by atomic mass is 9.71. The number of ether oxygens (including phenoxy) is 4. The normalized spacial score (nSPS) is 20.8. The number of ketones is 1. The average molecular weight is 560 g/mol. The Morgan fingerprint density at radius 3 is 2.34 bits per heavy atom. The summed E-state index contributed by atoms with van der Waals surface area (Å²) in [4.78, 5) is 39.4. The number of esters is 2. The van der Waals surface area contributed by atoms with Crippen LogP contribution in [-0.4, -0.2) is 37.5 Å². The van der Waals surface area contributed by atoms with Gasteiger partial charge in [0, 0.05) is 36.2 Å². The van der Waals surface area contributed by atoms with Gasteiger partial charge in [-0.15, -0.1) is 0 Å². The summed E-state index contributed by atoms with van der Waals surface area (Å²) in [6.45, 7) is 5.39. The minimum Gasteiger partial charge on any atom is -0.497 e. The third kappa shape index (κ3) is 6.01. The van der Waals surface area contributed by atoms with Gasteiger partial charge in [-0.2, -0.15) is 0 Å². The van der Waals surface area contributed by atoms with Crippen LogP contribution in [0.3, 0.4) is 0 Å². The summed E-state index contributed by atoms with van der Waals surface area (Å²) in [7, 11) is 1.63. The molecule has 0 unspecified atom stereocenters. The quantitative estimate of drug-likeness (QED) is 0.317. The summed E-state index contributed by atoms with van der Waals surface area (Å²) < 4.78 is 22.5. The highest BCUT2D eigenvalue weighted by Gasteiger charge is 2.42. The highest BCUT2D eigenvalue weighted by Crippen LogP contribution is 2.47. The van der Waals surface area contributed by atoms with E-state index in [0.29, 0.717) is 47.6 Å². The number of hydrogen-bond donors (Lipinski definition) is 1. The number of allylic oxidation sites excluding steroid dienone is 3.